The number of rotatable bonds is 5. The Bertz CT molecular complexity index is 473. The van der Waals surface area contributed by atoms with E-state index in [9.17, 15) is 10.1 Å². The molecule has 1 saturated heterocycles. The number of benzene rings is 1. The third kappa shape index (κ3) is 4.01. The lowest BCUT2D eigenvalue weighted by Crippen LogP contribution is -2.42. The summed E-state index contributed by atoms with van der Waals surface area (Å²) in [7, 11) is 0. The number of nitro groups is 1. The lowest BCUT2D eigenvalue weighted by molar-refractivity contribution is -0.385. The molecule has 1 aromatic carbocycles. The van der Waals surface area contributed by atoms with Gasteiger partial charge >= 0.3 is 0 Å². The molecule has 1 fully saturated rings. The van der Waals surface area contributed by atoms with Crippen molar-refractivity contribution in [1.29, 1.82) is 0 Å². The quantitative estimate of drug-likeness (QED) is 0.660. The minimum absolute atomic E-state index is 0.130. The Morgan fingerprint density at radius 2 is 2.15 bits per heavy atom. The van der Waals surface area contributed by atoms with Crippen LogP contribution in [0.3, 0.4) is 0 Å². The van der Waals surface area contributed by atoms with Crippen molar-refractivity contribution in [2.24, 2.45) is 0 Å². The van der Waals surface area contributed by atoms with Gasteiger partial charge in [-0.05, 0) is 60.0 Å². The zero-order valence-corrected chi connectivity index (χ0v) is 13.2. The van der Waals surface area contributed by atoms with E-state index < -0.39 is 0 Å². The van der Waals surface area contributed by atoms with E-state index in [0.717, 1.165) is 38.0 Å². The predicted molar refractivity (Wildman–Crippen MR) is 82.8 cm³/mol. The van der Waals surface area contributed by atoms with Crippen molar-refractivity contribution in [3.05, 3.63) is 38.3 Å². The van der Waals surface area contributed by atoms with Crippen LogP contribution in [0, 0.1) is 10.1 Å². The van der Waals surface area contributed by atoms with E-state index in [1.807, 2.05) is 6.07 Å². The molecule has 0 aliphatic carbocycles. The lowest BCUT2D eigenvalue weighted by atomic mass is 10.0. The van der Waals surface area contributed by atoms with E-state index in [1.54, 1.807) is 12.1 Å². The van der Waals surface area contributed by atoms with E-state index >= 15 is 0 Å². The molecule has 5 nitrogen and oxygen atoms in total. The summed E-state index contributed by atoms with van der Waals surface area (Å²) in [4.78, 5) is 13.0. The minimum Gasteiger partial charge on any atom is -0.310 e. The standard InChI is InChI=1S/C14H20BrN3O2/c1-2-17-7-5-12(6-8-17)16-10-11-3-4-13(15)14(9-11)18(19)20/h3-4,9,12,16H,2,5-8,10H2,1H3. The second-order valence-corrected chi connectivity index (χ2v) is 5.99. The first-order valence-electron chi connectivity index (χ1n) is 6.98. The molecule has 20 heavy (non-hydrogen) atoms. The molecule has 0 unspecified atom stereocenters. The van der Waals surface area contributed by atoms with Crippen LogP contribution in [0.2, 0.25) is 0 Å². The van der Waals surface area contributed by atoms with Gasteiger partial charge in [0.1, 0.15) is 0 Å². The molecule has 0 atom stereocenters. The molecule has 2 rings (SSSR count). The van der Waals surface area contributed by atoms with E-state index in [1.165, 1.54) is 0 Å². The highest BCUT2D eigenvalue weighted by Gasteiger charge is 2.18. The molecule has 6 heteroatoms. The van der Waals surface area contributed by atoms with Crippen molar-refractivity contribution in [2.75, 3.05) is 19.6 Å². The second-order valence-electron chi connectivity index (χ2n) is 5.13. The Kier molecular flexibility index (Phi) is 5.51. The van der Waals surface area contributed by atoms with Crippen LogP contribution in [0.4, 0.5) is 5.69 Å². The lowest BCUT2D eigenvalue weighted by Gasteiger charge is -2.31. The molecule has 110 valence electrons. The summed E-state index contributed by atoms with van der Waals surface area (Å²) in [6.07, 6.45) is 2.29. The average Bonchev–Trinajstić information content (AvgIpc) is 2.46. The van der Waals surface area contributed by atoms with Gasteiger partial charge in [-0.1, -0.05) is 13.0 Å². The zero-order valence-electron chi connectivity index (χ0n) is 11.6. The van der Waals surface area contributed by atoms with Crippen molar-refractivity contribution < 1.29 is 4.92 Å². The number of halogens is 1. The van der Waals surface area contributed by atoms with Crippen LogP contribution in [-0.2, 0) is 6.54 Å². The summed E-state index contributed by atoms with van der Waals surface area (Å²) < 4.78 is 0.530. The number of likely N-dealkylation sites (tertiary alicyclic amines) is 1. The predicted octanol–water partition coefficient (Wildman–Crippen LogP) is 2.93. The van der Waals surface area contributed by atoms with Crippen molar-refractivity contribution >= 4 is 21.6 Å². The van der Waals surface area contributed by atoms with Crippen LogP contribution < -0.4 is 5.32 Å². The fourth-order valence-corrected chi connectivity index (χ4v) is 2.92. The van der Waals surface area contributed by atoms with Crippen LogP contribution in [0.1, 0.15) is 25.3 Å². The number of piperidine rings is 1. The molecule has 1 N–H and O–H groups in total. The number of nitrogens with zero attached hydrogens (tertiary/aromatic N) is 2. The third-order valence-electron chi connectivity index (χ3n) is 3.84. The van der Waals surface area contributed by atoms with Gasteiger partial charge in [-0.2, -0.15) is 0 Å². The van der Waals surface area contributed by atoms with Gasteiger partial charge in [0.15, 0.2) is 0 Å². The summed E-state index contributed by atoms with van der Waals surface area (Å²) >= 11 is 3.21. The summed E-state index contributed by atoms with van der Waals surface area (Å²) in [5.74, 6) is 0. The normalized spacial score (nSPS) is 17.3. The van der Waals surface area contributed by atoms with Gasteiger partial charge in [0.05, 0.1) is 9.40 Å². The molecule has 0 amide bonds. The summed E-state index contributed by atoms with van der Waals surface area (Å²) in [6, 6.07) is 5.82. The third-order valence-corrected chi connectivity index (χ3v) is 4.51. The molecule has 0 aromatic heterocycles. The van der Waals surface area contributed by atoms with Crippen molar-refractivity contribution in [3.8, 4) is 0 Å². The molecule has 0 saturated carbocycles. The monoisotopic (exact) mass is 341 g/mol. The Hall–Kier alpha value is -0.980. The number of nitrogens with one attached hydrogen (secondary N) is 1. The van der Waals surface area contributed by atoms with E-state index in [-0.39, 0.29) is 10.6 Å². The Morgan fingerprint density at radius 3 is 2.75 bits per heavy atom. The average molecular weight is 342 g/mol. The van der Waals surface area contributed by atoms with E-state index in [2.05, 4.69) is 33.1 Å². The van der Waals surface area contributed by atoms with Crippen LogP contribution >= 0.6 is 15.9 Å². The van der Waals surface area contributed by atoms with Gasteiger partial charge in [0, 0.05) is 18.7 Å². The number of hydrogen-bond acceptors (Lipinski definition) is 4. The zero-order chi connectivity index (χ0) is 14.5. The van der Waals surface area contributed by atoms with Crippen molar-refractivity contribution in [1.82, 2.24) is 10.2 Å². The van der Waals surface area contributed by atoms with Crippen LogP contribution in [0.25, 0.3) is 0 Å². The first-order valence-corrected chi connectivity index (χ1v) is 7.78. The van der Waals surface area contributed by atoms with Gasteiger partial charge in [-0.25, -0.2) is 0 Å². The van der Waals surface area contributed by atoms with Crippen LogP contribution in [0.5, 0.6) is 0 Å². The molecule has 0 bridgehead atoms. The maximum atomic E-state index is 10.9. The number of hydrogen-bond donors (Lipinski definition) is 1. The van der Waals surface area contributed by atoms with Gasteiger partial charge < -0.3 is 10.2 Å². The molecular weight excluding hydrogens is 322 g/mol. The maximum Gasteiger partial charge on any atom is 0.283 e. The highest BCUT2D eigenvalue weighted by molar-refractivity contribution is 9.10. The highest BCUT2D eigenvalue weighted by atomic mass is 79.9. The van der Waals surface area contributed by atoms with Crippen LogP contribution in [0.15, 0.2) is 22.7 Å². The fraction of sp³-hybridized carbons (Fsp3) is 0.571. The highest BCUT2D eigenvalue weighted by Crippen LogP contribution is 2.25. The molecule has 1 aliphatic heterocycles. The van der Waals surface area contributed by atoms with E-state index in [0.29, 0.717) is 17.1 Å². The minimum atomic E-state index is -0.354. The Labute approximate surface area is 127 Å². The maximum absolute atomic E-state index is 10.9. The van der Waals surface area contributed by atoms with Crippen LogP contribution in [-0.4, -0.2) is 35.5 Å². The molecular formula is C14H20BrN3O2. The smallest absolute Gasteiger partial charge is 0.283 e. The summed E-state index contributed by atoms with van der Waals surface area (Å²) in [5.41, 5.74) is 1.09. The van der Waals surface area contributed by atoms with Gasteiger partial charge in [-0.15, -0.1) is 0 Å². The topological polar surface area (TPSA) is 58.4 Å². The summed E-state index contributed by atoms with van der Waals surface area (Å²) in [6.45, 7) is 6.26. The molecule has 1 heterocycles. The van der Waals surface area contributed by atoms with Gasteiger partial charge in [0.2, 0.25) is 0 Å². The molecule has 0 spiro atoms. The molecule has 1 aromatic rings. The first kappa shape index (κ1) is 15.4. The SMILES string of the molecule is CCN1CCC(NCc2ccc(Br)c([N+](=O)[O-])c2)CC1. The van der Waals surface area contributed by atoms with E-state index in [4.69, 9.17) is 0 Å². The molecule has 1 aliphatic rings. The fourth-order valence-electron chi connectivity index (χ4n) is 2.52. The largest absolute Gasteiger partial charge is 0.310 e. The Balaban J connectivity index is 1.88. The van der Waals surface area contributed by atoms with Crippen molar-refractivity contribution in [2.45, 2.75) is 32.4 Å². The van der Waals surface area contributed by atoms with Crippen molar-refractivity contribution in [3.63, 3.8) is 0 Å². The van der Waals surface area contributed by atoms with Gasteiger partial charge in [-0.3, -0.25) is 10.1 Å². The molecule has 0 radical (unpaired) electrons. The number of nitro benzene ring substituents is 1. The van der Waals surface area contributed by atoms with Gasteiger partial charge in [0.25, 0.3) is 5.69 Å². The second kappa shape index (κ2) is 7.15. The summed E-state index contributed by atoms with van der Waals surface area (Å²) in [5, 5.41) is 14.4. The Morgan fingerprint density at radius 1 is 1.45 bits per heavy atom. The first-order chi connectivity index (χ1) is 9.60.